The Balaban J connectivity index is 1.93. The van der Waals surface area contributed by atoms with Crippen LogP contribution in [0.3, 0.4) is 0 Å². The van der Waals surface area contributed by atoms with Crippen molar-refractivity contribution in [1.82, 2.24) is 14.7 Å². The van der Waals surface area contributed by atoms with Gasteiger partial charge >= 0.3 is 5.97 Å². The molecule has 1 saturated carbocycles. The molecule has 7 heteroatoms. The minimum absolute atomic E-state index is 0.0648. The van der Waals surface area contributed by atoms with E-state index in [1.54, 1.807) is 18.7 Å². The van der Waals surface area contributed by atoms with Crippen LogP contribution in [0.25, 0.3) is 0 Å². The van der Waals surface area contributed by atoms with Gasteiger partial charge in [0.05, 0.1) is 10.7 Å². The molecule has 1 saturated heterocycles. The van der Waals surface area contributed by atoms with Gasteiger partial charge in [-0.15, -0.1) is 0 Å². The van der Waals surface area contributed by atoms with E-state index < -0.39 is 12.0 Å². The van der Waals surface area contributed by atoms with Gasteiger partial charge in [0.1, 0.15) is 6.04 Å². The molecule has 0 bridgehead atoms. The molecule has 1 aliphatic heterocycles. The van der Waals surface area contributed by atoms with E-state index in [4.69, 9.17) is 11.6 Å². The van der Waals surface area contributed by atoms with Crippen molar-refractivity contribution in [1.29, 1.82) is 0 Å². The second-order valence-electron chi connectivity index (χ2n) is 5.97. The third-order valence-electron chi connectivity index (χ3n) is 4.87. The van der Waals surface area contributed by atoms with Crippen LogP contribution in [0.2, 0.25) is 5.02 Å². The quantitative estimate of drug-likeness (QED) is 0.902. The molecule has 2 heterocycles. The van der Waals surface area contributed by atoms with E-state index in [2.05, 4.69) is 5.10 Å². The molecular formula is C14H18ClN3O3. The number of aryl methyl sites for hydroxylation is 1. The number of fused-ring (bicyclic) bond motifs is 1. The molecular weight excluding hydrogens is 294 g/mol. The minimum atomic E-state index is -0.929. The van der Waals surface area contributed by atoms with Crippen molar-refractivity contribution >= 4 is 23.5 Å². The number of hydrogen-bond donors (Lipinski definition) is 1. The summed E-state index contributed by atoms with van der Waals surface area (Å²) < 4.78 is 1.54. The van der Waals surface area contributed by atoms with E-state index in [0.717, 1.165) is 19.3 Å². The molecule has 1 aliphatic carbocycles. The number of amides is 1. The van der Waals surface area contributed by atoms with Crippen molar-refractivity contribution in [2.75, 3.05) is 6.54 Å². The largest absolute Gasteiger partial charge is 0.480 e. The van der Waals surface area contributed by atoms with Crippen LogP contribution in [0.5, 0.6) is 0 Å². The molecule has 3 unspecified atom stereocenters. The molecule has 2 aliphatic rings. The highest BCUT2D eigenvalue weighted by Crippen LogP contribution is 2.43. The molecule has 3 rings (SSSR count). The maximum absolute atomic E-state index is 12.7. The van der Waals surface area contributed by atoms with Crippen molar-refractivity contribution in [3.8, 4) is 0 Å². The number of carbonyl (C=O) groups excluding carboxylic acids is 1. The average molecular weight is 312 g/mol. The summed E-state index contributed by atoms with van der Waals surface area (Å²) in [5, 5.41) is 14.0. The standard InChI is InChI=1S/C14H18ClN3O3/c1-7-10(15)11(16-17(7)2)13(19)18-6-8-4-3-5-9(8)12(18)14(20)21/h8-9,12H,3-6H2,1-2H3,(H,20,21). The molecule has 114 valence electrons. The van der Waals surface area contributed by atoms with Crippen molar-refractivity contribution in [3.05, 3.63) is 16.4 Å². The van der Waals surface area contributed by atoms with Gasteiger partial charge in [0, 0.05) is 13.6 Å². The Kier molecular flexibility index (Phi) is 3.43. The lowest BCUT2D eigenvalue weighted by atomic mass is 9.94. The maximum Gasteiger partial charge on any atom is 0.326 e. The molecule has 0 radical (unpaired) electrons. The second kappa shape index (κ2) is 5.02. The molecule has 1 amide bonds. The first-order valence-electron chi connectivity index (χ1n) is 7.14. The number of halogens is 1. The Morgan fingerprint density at radius 3 is 2.67 bits per heavy atom. The SMILES string of the molecule is Cc1c(Cl)c(C(=O)N2CC3CCCC3C2C(=O)O)nn1C. The fraction of sp³-hybridized carbons (Fsp3) is 0.643. The first-order chi connectivity index (χ1) is 9.91. The monoisotopic (exact) mass is 311 g/mol. The Hall–Kier alpha value is -1.56. The highest BCUT2D eigenvalue weighted by molar-refractivity contribution is 6.34. The summed E-state index contributed by atoms with van der Waals surface area (Å²) in [4.78, 5) is 25.7. The van der Waals surface area contributed by atoms with Crippen LogP contribution in [-0.2, 0) is 11.8 Å². The van der Waals surface area contributed by atoms with Crippen LogP contribution in [0.4, 0.5) is 0 Å². The number of likely N-dealkylation sites (tertiary alicyclic amines) is 1. The molecule has 1 aromatic heterocycles. The van der Waals surface area contributed by atoms with Gasteiger partial charge < -0.3 is 10.0 Å². The Bertz CT molecular complexity index is 613. The van der Waals surface area contributed by atoms with E-state index in [9.17, 15) is 14.7 Å². The Morgan fingerprint density at radius 2 is 2.10 bits per heavy atom. The van der Waals surface area contributed by atoms with Gasteiger partial charge in [0.15, 0.2) is 5.69 Å². The van der Waals surface area contributed by atoms with Gasteiger partial charge in [-0.3, -0.25) is 9.48 Å². The zero-order chi connectivity index (χ0) is 15.3. The molecule has 2 fully saturated rings. The van der Waals surface area contributed by atoms with Crippen LogP contribution >= 0.6 is 11.6 Å². The Labute approximate surface area is 127 Å². The molecule has 0 aromatic carbocycles. The normalized spacial score (nSPS) is 28.0. The van der Waals surface area contributed by atoms with Crippen LogP contribution < -0.4 is 0 Å². The predicted molar refractivity (Wildman–Crippen MR) is 76.2 cm³/mol. The Morgan fingerprint density at radius 1 is 1.38 bits per heavy atom. The number of carboxylic acids is 1. The molecule has 6 nitrogen and oxygen atoms in total. The molecule has 1 aromatic rings. The predicted octanol–water partition coefficient (Wildman–Crippen LogP) is 1.71. The first kappa shape index (κ1) is 14.4. The lowest BCUT2D eigenvalue weighted by molar-refractivity contribution is -0.142. The van der Waals surface area contributed by atoms with Gasteiger partial charge in [-0.25, -0.2) is 4.79 Å². The van der Waals surface area contributed by atoms with Gasteiger partial charge in [0.2, 0.25) is 0 Å². The van der Waals surface area contributed by atoms with Crippen molar-refractivity contribution in [2.24, 2.45) is 18.9 Å². The van der Waals surface area contributed by atoms with E-state index >= 15 is 0 Å². The third-order valence-corrected chi connectivity index (χ3v) is 5.32. The fourth-order valence-electron chi connectivity index (χ4n) is 3.69. The smallest absolute Gasteiger partial charge is 0.326 e. The molecule has 3 atom stereocenters. The van der Waals surface area contributed by atoms with E-state index in [0.29, 0.717) is 23.2 Å². The lowest BCUT2D eigenvalue weighted by Crippen LogP contribution is -2.43. The van der Waals surface area contributed by atoms with Crippen LogP contribution in [0.1, 0.15) is 35.4 Å². The number of carboxylic acid groups (broad SMARTS) is 1. The van der Waals surface area contributed by atoms with Gasteiger partial charge in [-0.05, 0) is 31.6 Å². The summed E-state index contributed by atoms with van der Waals surface area (Å²) >= 11 is 6.16. The minimum Gasteiger partial charge on any atom is -0.480 e. The number of carbonyl (C=O) groups is 2. The van der Waals surface area contributed by atoms with Gasteiger partial charge in [-0.1, -0.05) is 18.0 Å². The van der Waals surface area contributed by atoms with E-state index in [1.165, 1.54) is 4.90 Å². The third kappa shape index (κ3) is 2.12. The zero-order valence-electron chi connectivity index (χ0n) is 12.0. The van der Waals surface area contributed by atoms with Crippen molar-refractivity contribution in [2.45, 2.75) is 32.2 Å². The summed E-state index contributed by atoms with van der Waals surface area (Å²) in [6.45, 7) is 2.27. The van der Waals surface area contributed by atoms with Gasteiger partial charge in [0.25, 0.3) is 5.91 Å². The van der Waals surface area contributed by atoms with Crippen LogP contribution in [0, 0.1) is 18.8 Å². The zero-order valence-corrected chi connectivity index (χ0v) is 12.8. The highest BCUT2D eigenvalue weighted by atomic mass is 35.5. The summed E-state index contributed by atoms with van der Waals surface area (Å²) in [6.07, 6.45) is 2.91. The summed E-state index contributed by atoms with van der Waals surface area (Å²) in [5.41, 5.74) is 0.856. The van der Waals surface area contributed by atoms with Crippen LogP contribution in [0.15, 0.2) is 0 Å². The fourth-order valence-corrected chi connectivity index (χ4v) is 3.93. The highest BCUT2D eigenvalue weighted by Gasteiger charge is 2.50. The molecule has 0 spiro atoms. The van der Waals surface area contributed by atoms with Gasteiger partial charge in [-0.2, -0.15) is 5.10 Å². The molecule has 21 heavy (non-hydrogen) atoms. The topological polar surface area (TPSA) is 75.4 Å². The molecule has 1 N–H and O–H groups in total. The number of hydrogen-bond acceptors (Lipinski definition) is 3. The number of rotatable bonds is 2. The van der Waals surface area contributed by atoms with E-state index in [-0.39, 0.29) is 17.5 Å². The van der Waals surface area contributed by atoms with E-state index in [1.807, 2.05) is 0 Å². The summed E-state index contributed by atoms with van der Waals surface area (Å²) in [5.74, 6) is -0.944. The van der Waals surface area contributed by atoms with Crippen molar-refractivity contribution < 1.29 is 14.7 Å². The number of aliphatic carboxylic acids is 1. The maximum atomic E-state index is 12.7. The van der Waals surface area contributed by atoms with Crippen LogP contribution in [-0.4, -0.2) is 44.3 Å². The van der Waals surface area contributed by atoms with Crippen molar-refractivity contribution in [3.63, 3.8) is 0 Å². The lowest BCUT2D eigenvalue weighted by Gasteiger charge is -2.23. The average Bonchev–Trinajstić information content (AvgIpc) is 3.06. The summed E-state index contributed by atoms with van der Waals surface area (Å²) in [6, 6.07) is -0.747. The number of aromatic nitrogens is 2. The number of nitrogens with zero attached hydrogens (tertiary/aromatic N) is 3. The summed E-state index contributed by atoms with van der Waals surface area (Å²) in [7, 11) is 1.71. The second-order valence-corrected chi connectivity index (χ2v) is 6.34. The first-order valence-corrected chi connectivity index (χ1v) is 7.52.